The van der Waals surface area contributed by atoms with Gasteiger partial charge in [-0.15, -0.1) is 0 Å². The van der Waals surface area contributed by atoms with E-state index in [1.165, 1.54) is 5.56 Å². The second-order valence-electron chi connectivity index (χ2n) is 6.03. The zero-order valence-electron chi connectivity index (χ0n) is 12.3. The van der Waals surface area contributed by atoms with Crippen LogP contribution in [0.4, 0.5) is 5.82 Å². The van der Waals surface area contributed by atoms with Gasteiger partial charge in [-0.05, 0) is 35.7 Å². The highest BCUT2D eigenvalue weighted by Gasteiger charge is 2.19. The van der Waals surface area contributed by atoms with Gasteiger partial charge in [0, 0.05) is 17.5 Å². The molecule has 0 spiro atoms. The predicted octanol–water partition coefficient (Wildman–Crippen LogP) is 4.53. The normalized spacial score (nSPS) is 13.2. The third-order valence-electron chi connectivity index (χ3n) is 2.88. The summed E-state index contributed by atoms with van der Waals surface area (Å²) in [7, 11) is 0. The number of rotatable bonds is 4. The van der Waals surface area contributed by atoms with Gasteiger partial charge >= 0.3 is 0 Å². The van der Waals surface area contributed by atoms with Crippen molar-refractivity contribution < 1.29 is 0 Å². The Labute approximate surface area is 129 Å². The Kier molecular flexibility index (Phi) is 4.66. The summed E-state index contributed by atoms with van der Waals surface area (Å²) < 4.78 is 0. The molecule has 20 heavy (non-hydrogen) atoms. The fourth-order valence-corrected chi connectivity index (χ4v) is 2.76. The first kappa shape index (κ1) is 15.3. The van der Waals surface area contributed by atoms with Gasteiger partial charge in [0.05, 0.1) is 0 Å². The van der Waals surface area contributed by atoms with Crippen molar-refractivity contribution in [2.75, 3.05) is 5.32 Å². The standard InChI is InChI=1S/C15H20ClN3S/c1-10(7-11-5-6-20-9-11)17-13-8-12(16)18-14(19-13)15(2,3)4/h5-6,8-10H,7H2,1-4H3,(H,17,18,19). The third kappa shape index (κ3) is 4.18. The van der Waals surface area contributed by atoms with E-state index in [4.69, 9.17) is 11.6 Å². The van der Waals surface area contributed by atoms with Crippen molar-refractivity contribution in [3.8, 4) is 0 Å². The van der Waals surface area contributed by atoms with Crippen LogP contribution in [0.2, 0.25) is 5.15 Å². The summed E-state index contributed by atoms with van der Waals surface area (Å²) in [6, 6.07) is 4.22. The molecule has 0 aromatic carbocycles. The minimum atomic E-state index is -0.113. The molecule has 0 fully saturated rings. The van der Waals surface area contributed by atoms with Gasteiger partial charge in [-0.1, -0.05) is 32.4 Å². The molecular formula is C15H20ClN3S. The Hall–Kier alpha value is -1.13. The Bertz CT molecular complexity index is 561. The second kappa shape index (κ2) is 6.10. The first-order valence-electron chi connectivity index (χ1n) is 6.67. The van der Waals surface area contributed by atoms with Crippen LogP contribution in [-0.4, -0.2) is 16.0 Å². The molecule has 1 atom stereocenters. The van der Waals surface area contributed by atoms with Crippen LogP contribution in [0.3, 0.4) is 0 Å². The number of hydrogen-bond donors (Lipinski definition) is 1. The van der Waals surface area contributed by atoms with E-state index in [1.54, 1.807) is 17.4 Å². The number of hydrogen-bond acceptors (Lipinski definition) is 4. The average molecular weight is 310 g/mol. The van der Waals surface area contributed by atoms with Crippen molar-refractivity contribution in [2.24, 2.45) is 0 Å². The molecule has 2 heterocycles. The molecular weight excluding hydrogens is 290 g/mol. The number of nitrogens with zero attached hydrogens (tertiary/aromatic N) is 2. The Morgan fingerprint density at radius 1 is 1.35 bits per heavy atom. The fourth-order valence-electron chi connectivity index (χ4n) is 1.89. The molecule has 3 nitrogen and oxygen atoms in total. The quantitative estimate of drug-likeness (QED) is 0.843. The van der Waals surface area contributed by atoms with Crippen molar-refractivity contribution in [3.05, 3.63) is 39.4 Å². The fraction of sp³-hybridized carbons (Fsp3) is 0.467. The lowest BCUT2D eigenvalue weighted by atomic mass is 9.96. The van der Waals surface area contributed by atoms with Crippen LogP contribution in [0.1, 0.15) is 39.1 Å². The van der Waals surface area contributed by atoms with Gasteiger partial charge in [0.15, 0.2) is 0 Å². The van der Waals surface area contributed by atoms with Crippen LogP contribution < -0.4 is 5.32 Å². The highest BCUT2D eigenvalue weighted by Crippen LogP contribution is 2.22. The molecule has 0 bridgehead atoms. The first-order valence-corrected chi connectivity index (χ1v) is 7.99. The number of aromatic nitrogens is 2. The molecule has 1 N–H and O–H groups in total. The second-order valence-corrected chi connectivity index (χ2v) is 7.20. The summed E-state index contributed by atoms with van der Waals surface area (Å²) in [5, 5.41) is 8.16. The van der Waals surface area contributed by atoms with Crippen molar-refractivity contribution in [2.45, 2.75) is 45.6 Å². The summed E-state index contributed by atoms with van der Waals surface area (Å²) in [6.45, 7) is 8.39. The maximum atomic E-state index is 6.09. The lowest BCUT2D eigenvalue weighted by molar-refractivity contribution is 0.545. The van der Waals surface area contributed by atoms with Gasteiger partial charge in [-0.3, -0.25) is 0 Å². The molecule has 108 valence electrons. The monoisotopic (exact) mass is 309 g/mol. The van der Waals surface area contributed by atoms with Gasteiger partial charge < -0.3 is 5.32 Å². The van der Waals surface area contributed by atoms with Crippen molar-refractivity contribution in [1.82, 2.24) is 9.97 Å². The Morgan fingerprint density at radius 3 is 2.70 bits per heavy atom. The van der Waals surface area contributed by atoms with E-state index >= 15 is 0 Å². The lowest BCUT2D eigenvalue weighted by Gasteiger charge is -2.19. The summed E-state index contributed by atoms with van der Waals surface area (Å²) in [5.74, 6) is 1.55. The third-order valence-corrected chi connectivity index (χ3v) is 3.81. The molecule has 0 radical (unpaired) electrons. The van der Waals surface area contributed by atoms with Crippen LogP contribution in [0, 0.1) is 0 Å². The zero-order valence-corrected chi connectivity index (χ0v) is 13.8. The van der Waals surface area contributed by atoms with Crippen molar-refractivity contribution >= 4 is 28.8 Å². The molecule has 2 rings (SSSR count). The molecule has 0 saturated carbocycles. The van der Waals surface area contributed by atoms with Gasteiger partial charge in [0.2, 0.25) is 0 Å². The Morgan fingerprint density at radius 2 is 2.10 bits per heavy atom. The Balaban J connectivity index is 2.11. The van der Waals surface area contributed by atoms with E-state index in [0.717, 1.165) is 18.1 Å². The minimum Gasteiger partial charge on any atom is -0.367 e. The van der Waals surface area contributed by atoms with Gasteiger partial charge in [-0.2, -0.15) is 11.3 Å². The SMILES string of the molecule is CC(Cc1ccsc1)Nc1cc(Cl)nc(C(C)(C)C)n1. The number of thiophene rings is 1. The summed E-state index contributed by atoms with van der Waals surface area (Å²) in [5.41, 5.74) is 1.23. The highest BCUT2D eigenvalue weighted by molar-refractivity contribution is 7.07. The molecule has 2 aromatic heterocycles. The van der Waals surface area contributed by atoms with E-state index in [-0.39, 0.29) is 5.41 Å². The average Bonchev–Trinajstić information content (AvgIpc) is 2.79. The summed E-state index contributed by atoms with van der Waals surface area (Å²) in [4.78, 5) is 8.87. The minimum absolute atomic E-state index is 0.113. The van der Waals surface area contributed by atoms with Crippen LogP contribution >= 0.6 is 22.9 Å². The van der Waals surface area contributed by atoms with Crippen LogP contribution in [0.15, 0.2) is 22.9 Å². The molecule has 0 aliphatic carbocycles. The van der Waals surface area contributed by atoms with E-state index in [0.29, 0.717) is 11.2 Å². The molecule has 0 aliphatic heterocycles. The lowest BCUT2D eigenvalue weighted by Crippen LogP contribution is -2.21. The van der Waals surface area contributed by atoms with Gasteiger partial charge in [-0.25, -0.2) is 9.97 Å². The van der Waals surface area contributed by atoms with Crippen molar-refractivity contribution in [3.63, 3.8) is 0 Å². The van der Waals surface area contributed by atoms with Crippen LogP contribution in [-0.2, 0) is 11.8 Å². The molecule has 2 aromatic rings. The summed E-state index contributed by atoms with van der Waals surface area (Å²) in [6.07, 6.45) is 0.968. The molecule has 0 amide bonds. The molecule has 0 saturated heterocycles. The molecule has 0 aliphatic rings. The molecule has 5 heteroatoms. The topological polar surface area (TPSA) is 37.8 Å². The first-order chi connectivity index (χ1) is 9.34. The van der Waals surface area contributed by atoms with E-state index < -0.39 is 0 Å². The number of anilines is 1. The van der Waals surface area contributed by atoms with Gasteiger partial charge in [0.25, 0.3) is 0 Å². The van der Waals surface area contributed by atoms with Crippen LogP contribution in [0.25, 0.3) is 0 Å². The van der Waals surface area contributed by atoms with E-state index in [2.05, 4.69) is 59.8 Å². The molecule has 1 unspecified atom stereocenters. The maximum Gasteiger partial charge on any atom is 0.137 e. The van der Waals surface area contributed by atoms with E-state index in [1.807, 2.05) is 0 Å². The zero-order chi connectivity index (χ0) is 14.8. The van der Waals surface area contributed by atoms with Crippen LogP contribution in [0.5, 0.6) is 0 Å². The number of nitrogens with one attached hydrogen (secondary N) is 1. The largest absolute Gasteiger partial charge is 0.367 e. The maximum absolute atomic E-state index is 6.09. The smallest absolute Gasteiger partial charge is 0.137 e. The highest BCUT2D eigenvalue weighted by atomic mass is 35.5. The van der Waals surface area contributed by atoms with Crippen molar-refractivity contribution in [1.29, 1.82) is 0 Å². The number of halogens is 1. The summed E-state index contributed by atoms with van der Waals surface area (Å²) >= 11 is 7.81. The van der Waals surface area contributed by atoms with Gasteiger partial charge in [0.1, 0.15) is 16.8 Å². The van der Waals surface area contributed by atoms with E-state index in [9.17, 15) is 0 Å². The predicted molar refractivity (Wildman–Crippen MR) is 86.8 cm³/mol.